The number of halogens is 4. The standard InChI is InChI=1S/C10H11F4NO/c1-2-16-15-6-7-3-4-9(11)8(5-7)10(12,13)14/h3-5,15H,2,6H2,1H3. The Bertz CT molecular complexity index is 351. The van der Waals surface area contributed by atoms with Crippen molar-refractivity contribution in [2.75, 3.05) is 6.61 Å². The minimum Gasteiger partial charge on any atom is -0.302 e. The van der Waals surface area contributed by atoms with Gasteiger partial charge < -0.3 is 4.84 Å². The van der Waals surface area contributed by atoms with Gasteiger partial charge in [-0.05, 0) is 24.6 Å². The number of hydrogen-bond acceptors (Lipinski definition) is 2. The van der Waals surface area contributed by atoms with E-state index in [4.69, 9.17) is 4.84 Å². The van der Waals surface area contributed by atoms with Crippen LogP contribution in [0, 0.1) is 5.82 Å². The van der Waals surface area contributed by atoms with Crippen LogP contribution in [-0.4, -0.2) is 6.61 Å². The smallest absolute Gasteiger partial charge is 0.302 e. The Hall–Kier alpha value is -1.14. The topological polar surface area (TPSA) is 21.3 Å². The van der Waals surface area contributed by atoms with Crippen LogP contribution in [0.15, 0.2) is 18.2 Å². The minimum absolute atomic E-state index is 0.0944. The summed E-state index contributed by atoms with van der Waals surface area (Å²) < 4.78 is 49.9. The van der Waals surface area contributed by atoms with Crippen molar-refractivity contribution in [2.45, 2.75) is 19.6 Å². The molecule has 1 N–H and O–H groups in total. The molecular weight excluding hydrogens is 226 g/mol. The number of benzene rings is 1. The third kappa shape index (κ3) is 3.46. The van der Waals surface area contributed by atoms with Crippen molar-refractivity contribution in [1.82, 2.24) is 5.48 Å². The minimum atomic E-state index is -4.67. The fourth-order valence-corrected chi connectivity index (χ4v) is 1.14. The van der Waals surface area contributed by atoms with E-state index in [1.54, 1.807) is 6.92 Å². The van der Waals surface area contributed by atoms with Gasteiger partial charge in [-0.1, -0.05) is 6.07 Å². The first-order chi connectivity index (χ1) is 7.45. The van der Waals surface area contributed by atoms with E-state index in [2.05, 4.69) is 5.48 Å². The molecule has 90 valence electrons. The van der Waals surface area contributed by atoms with Crippen molar-refractivity contribution in [2.24, 2.45) is 0 Å². The van der Waals surface area contributed by atoms with Crippen LogP contribution in [0.3, 0.4) is 0 Å². The van der Waals surface area contributed by atoms with Gasteiger partial charge in [0.25, 0.3) is 0 Å². The van der Waals surface area contributed by atoms with Crippen molar-refractivity contribution in [3.8, 4) is 0 Å². The lowest BCUT2D eigenvalue weighted by Gasteiger charge is -2.10. The van der Waals surface area contributed by atoms with Gasteiger partial charge in [0.15, 0.2) is 0 Å². The van der Waals surface area contributed by atoms with Crippen LogP contribution in [0.2, 0.25) is 0 Å². The van der Waals surface area contributed by atoms with Gasteiger partial charge in [-0.15, -0.1) is 0 Å². The van der Waals surface area contributed by atoms with Gasteiger partial charge >= 0.3 is 6.18 Å². The molecule has 2 nitrogen and oxygen atoms in total. The van der Waals surface area contributed by atoms with Gasteiger partial charge in [-0.3, -0.25) is 0 Å². The second kappa shape index (κ2) is 5.27. The lowest BCUT2D eigenvalue weighted by molar-refractivity contribution is -0.140. The van der Waals surface area contributed by atoms with Crippen LogP contribution in [0.4, 0.5) is 17.6 Å². The molecule has 1 aromatic carbocycles. The third-order valence-electron chi connectivity index (χ3n) is 1.86. The van der Waals surface area contributed by atoms with Crippen LogP contribution in [0.5, 0.6) is 0 Å². The zero-order chi connectivity index (χ0) is 12.2. The largest absolute Gasteiger partial charge is 0.419 e. The summed E-state index contributed by atoms with van der Waals surface area (Å²) in [5, 5.41) is 0. The Labute approximate surface area is 90.2 Å². The highest BCUT2D eigenvalue weighted by atomic mass is 19.4. The molecule has 0 bridgehead atoms. The SMILES string of the molecule is CCONCc1ccc(F)c(C(F)(F)F)c1. The summed E-state index contributed by atoms with van der Waals surface area (Å²) in [6.45, 7) is 2.23. The molecule has 0 amide bonds. The molecule has 0 aliphatic carbocycles. The maximum absolute atomic E-state index is 12.9. The molecule has 0 unspecified atom stereocenters. The van der Waals surface area contributed by atoms with E-state index in [0.717, 1.165) is 12.1 Å². The molecule has 1 aromatic rings. The molecule has 6 heteroatoms. The van der Waals surface area contributed by atoms with E-state index in [-0.39, 0.29) is 6.54 Å². The molecule has 1 rings (SSSR count). The molecule has 0 aliphatic heterocycles. The average Bonchev–Trinajstić information content (AvgIpc) is 2.19. The molecule has 0 saturated heterocycles. The monoisotopic (exact) mass is 237 g/mol. The zero-order valence-electron chi connectivity index (χ0n) is 8.57. The Balaban J connectivity index is 2.82. The molecule has 0 atom stereocenters. The highest BCUT2D eigenvalue weighted by Gasteiger charge is 2.34. The summed E-state index contributed by atoms with van der Waals surface area (Å²) in [4.78, 5) is 4.77. The van der Waals surface area contributed by atoms with Crippen molar-refractivity contribution >= 4 is 0 Å². The van der Waals surface area contributed by atoms with Crippen LogP contribution in [0.25, 0.3) is 0 Å². The zero-order valence-corrected chi connectivity index (χ0v) is 8.57. The first kappa shape index (κ1) is 12.9. The Morgan fingerprint density at radius 3 is 2.56 bits per heavy atom. The first-order valence-corrected chi connectivity index (χ1v) is 4.65. The van der Waals surface area contributed by atoms with E-state index in [1.807, 2.05) is 0 Å². The van der Waals surface area contributed by atoms with Gasteiger partial charge in [0.2, 0.25) is 0 Å². The predicted molar refractivity (Wildman–Crippen MR) is 49.9 cm³/mol. The van der Waals surface area contributed by atoms with E-state index in [9.17, 15) is 17.6 Å². The maximum atomic E-state index is 12.9. The predicted octanol–water partition coefficient (Wildman–Crippen LogP) is 2.89. The molecule has 0 spiro atoms. The summed E-state index contributed by atoms with van der Waals surface area (Å²) in [6.07, 6.45) is -4.67. The molecule has 0 aliphatic rings. The van der Waals surface area contributed by atoms with Crippen molar-refractivity contribution < 1.29 is 22.4 Å². The summed E-state index contributed by atoms with van der Waals surface area (Å²) in [5.74, 6) is -1.27. The first-order valence-electron chi connectivity index (χ1n) is 4.65. The van der Waals surface area contributed by atoms with Gasteiger partial charge in [0.05, 0.1) is 12.2 Å². The van der Waals surface area contributed by atoms with E-state index >= 15 is 0 Å². The van der Waals surface area contributed by atoms with Crippen molar-refractivity contribution in [3.05, 3.63) is 35.1 Å². The quantitative estimate of drug-likeness (QED) is 0.494. The second-order valence-electron chi connectivity index (χ2n) is 3.07. The van der Waals surface area contributed by atoms with Gasteiger partial charge in [0.1, 0.15) is 5.82 Å². The van der Waals surface area contributed by atoms with Crippen molar-refractivity contribution in [1.29, 1.82) is 0 Å². The molecule has 0 radical (unpaired) electrons. The number of alkyl halides is 3. The lowest BCUT2D eigenvalue weighted by atomic mass is 10.1. The van der Waals surface area contributed by atoms with E-state index in [0.29, 0.717) is 12.2 Å². The summed E-state index contributed by atoms with van der Waals surface area (Å²) in [6, 6.07) is 2.84. The normalized spacial score (nSPS) is 11.8. The third-order valence-corrected chi connectivity index (χ3v) is 1.86. The number of hydrogen-bond donors (Lipinski definition) is 1. The highest BCUT2D eigenvalue weighted by Crippen LogP contribution is 2.31. The van der Waals surface area contributed by atoms with Crippen LogP contribution in [-0.2, 0) is 17.6 Å². The Morgan fingerprint density at radius 1 is 1.31 bits per heavy atom. The average molecular weight is 237 g/mol. The Kier molecular flexibility index (Phi) is 4.26. The van der Waals surface area contributed by atoms with Crippen LogP contribution < -0.4 is 5.48 Å². The molecule has 0 aromatic heterocycles. The molecular formula is C10H11F4NO. The summed E-state index contributed by atoms with van der Waals surface area (Å²) in [7, 11) is 0. The van der Waals surface area contributed by atoms with E-state index < -0.39 is 17.6 Å². The fraction of sp³-hybridized carbons (Fsp3) is 0.400. The van der Waals surface area contributed by atoms with Gasteiger partial charge in [-0.25, -0.2) is 4.39 Å². The summed E-state index contributed by atoms with van der Waals surface area (Å²) >= 11 is 0. The molecule has 0 saturated carbocycles. The fourth-order valence-electron chi connectivity index (χ4n) is 1.14. The Morgan fingerprint density at radius 2 is 2.00 bits per heavy atom. The lowest BCUT2D eigenvalue weighted by Crippen LogP contribution is -2.15. The second-order valence-corrected chi connectivity index (χ2v) is 3.07. The van der Waals surface area contributed by atoms with Gasteiger partial charge in [-0.2, -0.15) is 18.7 Å². The van der Waals surface area contributed by atoms with Crippen LogP contribution in [0.1, 0.15) is 18.1 Å². The number of rotatable bonds is 4. The number of hydroxylamine groups is 1. The van der Waals surface area contributed by atoms with Crippen molar-refractivity contribution in [3.63, 3.8) is 0 Å². The maximum Gasteiger partial charge on any atom is 0.419 e. The summed E-state index contributed by atoms with van der Waals surface area (Å²) in [5.41, 5.74) is 1.51. The van der Waals surface area contributed by atoms with Crippen LogP contribution >= 0.6 is 0 Å². The highest BCUT2D eigenvalue weighted by molar-refractivity contribution is 5.27. The van der Waals surface area contributed by atoms with E-state index in [1.165, 1.54) is 6.07 Å². The number of nitrogens with one attached hydrogen (secondary N) is 1. The van der Waals surface area contributed by atoms with Gasteiger partial charge in [0, 0.05) is 6.54 Å². The molecule has 16 heavy (non-hydrogen) atoms. The molecule has 0 fully saturated rings. The molecule has 0 heterocycles.